The van der Waals surface area contributed by atoms with Gasteiger partial charge in [0.15, 0.2) is 5.13 Å². The second-order valence-corrected chi connectivity index (χ2v) is 10.7. The molecule has 11 heteroatoms. The Morgan fingerprint density at radius 2 is 1.96 bits per heavy atom. The second-order valence-electron chi connectivity index (χ2n) is 7.47. The number of nitrogens with zero attached hydrogens (tertiary/aromatic N) is 4. The molecule has 0 saturated carbocycles. The van der Waals surface area contributed by atoms with Crippen molar-refractivity contribution in [1.29, 1.82) is 0 Å². The van der Waals surface area contributed by atoms with Crippen molar-refractivity contribution in [2.24, 2.45) is 0 Å². The first-order valence-corrected chi connectivity index (χ1v) is 11.6. The lowest BCUT2D eigenvalue weighted by atomic mass is 9.85. The Bertz CT molecular complexity index is 1120. The number of rotatable bonds is 3. The van der Waals surface area contributed by atoms with Crippen LogP contribution in [0.15, 0.2) is 11.0 Å². The third-order valence-corrected chi connectivity index (χ3v) is 7.82. The molecule has 1 unspecified atom stereocenters. The summed E-state index contributed by atoms with van der Waals surface area (Å²) in [4.78, 5) is 34.6. The van der Waals surface area contributed by atoms with E-state index < -0.39 is 26.9 Å². The van der Waals surface area contributed by atoms with Crippen LogP contribution in [0.5, 0.6) is 0 Å². The zero-order chi connectivity index (χ0) is 20.3. The summed E-state index contributed by atoms with van der Waals surface area (Å²) in [6, 6.07) is 0. The number of aryl methyl sites for hydroxylation is 3. The summed E-state index contributed by atoms with van der Waals surface area (Å²) >= 11 is 1.35. The fraction of sp³-hybridized carbons (Fsp3) is 0.529. The van der Waals surface area contributed by atoms with Gasteiger partial charge in [0.05, 0.1) is 11.9 Å². The van der Waals surface area contributed by atoms with E-state index in [0.29, 0.717) is 43.4 Å². The zero-order valence-electron chi connectivity index (χ0n) is 15.9. The van der Waals surface area contributed by atoms with Gasteiger partial charge in [0.2, 0.25) is 10.0 Å². The van der Waals surface area contributed by atoms with Gasteiger partial charge >= 0.3 is 0 Å². The highest BCUT2D eigenvalue weighted by Gasteiger charge is 2.48. The second kappa shape index (κ2) is 6.46. The number of thiazole rings is 1. The van der Waals surface area contributed by atoms with Crippen LogP contribution in [0, 0.1) is 13.8 Å². The van der Waals surface area contributed by atoms with Crippen LogP contribution in [-0.4, -0.2) is 52.5 Å². The summed E-state index contributed by atoms with van der Waals surface area (Å²) in [5.41, 5.74) is -0.263. The number of anilines is 1. The Morgan fingerprint density at radius 1 is 1.25 bits per heavy atom. The lowest BCUT2D eigenvalue weighted by molar-refractivity contribution is 0.102. The zero-order valence-corrected chi connectivity index (χ0v) is 17.5. The van der Waals surface area contributed by atoms with Crippen LogP contribution in [-0.2, 0) is 22.0 Å². The van der Waals surface area contributed by atoms with Gasteiger partial charge in [-0.3, -0.25) is 14.9 Å². The number of nitrogens with one attached hydrogen (secondary N) is 1. The highest BCUT2D eigenvalue weighted by Crippen LogP contribution is 2.41. The van der Waals surface area contributed by atoms with Crippen molar-refractivity contribution in [3.63, 3.8) is 0 Å². The molecule has 2 aliphatic heterocycles. The Labute approximate surface area is 166 Å². The molecule has 1 fully saturated rings. The number of aromatic nitrogens is 3. The highest BCUT2D eigenvalue weighted by atomic mass is 32.2. The van der Waals surface area contributed by atoms with Crippen LogP contribution in [0.25, 0.3) is 0 Å². The molecule has 1 saturated heterocycles. The van der Waals surface area contributed by atoms with E-state index in [0.717, 1.165) is 10.6 Å². The largest absolute Gasteiger partial charge is 0.335 e. The minimum atomic E-state index is -3.29. The number of hydrogen-bond donors (Lipinski definition) is 1. The molecule has 0 radical (unpaired) electrons. The van der Waals surface area contributed by atoms with Gasteiger partial charge in [0.1, 0.15) is 11.4 Å². The molecular formula is C17H21N5O4S2. The van der Waals surface area contributed by atoms with Crippen LogP contribution < -0.4 is 10.9 Å². The van der Waals surface area contributed by atoms with Gasteiger partial charge in [-0.1, -0.05) is 0 Å². The van der Waals surface area contributed by atoms with E-state index in [1.165, 1.54) is 28.1 Å². The van der Waals surface area contributed by atoms with E-state index in [2.05, 4.69) is 15.3 Å². The van der Waals surface area contributed by atoms with Gasteiger partial charge < -0.3 is 4.57 Å². The van der Waals surface area contributed by atoms with E-state index >= 15 is 0 Å². The van der Waals surface area contributed by atoms with Crippen molar-refractivity contribution >= 4 is 32.4 Å². The molecule has 1 spiro atoms. The molecular weight excluding hydrogens is 402 g/mol. The number of amides is 1. The molecule has 0 aliphatic carbocycles. The maximum Gasteiger partial charge on any atom is 0.285 e. The topological polar surface area (TPSA) is 114 Å². The van der Waals surface area contributed by atoms with Crippen molar-refractivity contribution in [2.45, 2.75) is 38.6 Å². The van der Waals surface area contributed by atoms with Gasteiger partial charge in [-0.25, -0.2) is 17.7 Å². The molecule has 1 amide bonds. The van der Waals surface area contributed by atoms with Crippen LogP contribution in [0.4, 0.5) is 5.13 Å². The molecule has 2 aliphatic rings. The van der Waals surface area contributed by atoms with Crippen LogP contribution in [0.3, 0.4) is 0 Å². The van der Waals surface area contributed by atoms with Gasteiger partial charge in [0.25, 0.3) is 11.5 Å². The first-order chi connectivity index (χ1) is 13.1. The first kappa shape index (κ1) is 19.2. The molecule has 1 atom stereocenters. The summed E-state index contributed by atoms with van der Waals surface area (Å²) in [5, 5.41) is 3.11. The van der Waals surface area contributed by atoms with Gasteiger partial charge in [0, 0.05) is 36.1 Å². The molecule has 1 N–H and O–H groups in total. The fourth-order valence-corrected chi connectivity index (χ4v) is 5.60. The number of sulfonamides is 1. The third-order valence-electron chi connectivity index (χ3n) is 5.58. The first-order valence-electron chi connectivity index (χ1n) is 8.91. The SMILES string of the molecule is Cc1nc(NC(=O)c2cn3c(nc2=O)C2(CCN(S(C)(=O)=O)C2)CC3)sc1C. The summed E-state index contributed by atoms with van der Waals surface area (Å²) in [7, 11) is -3.29. The summed E-state index contributed by atoms with van der Waals surface area (Å²) < 4.78 is 27.0. The Kier molecular flexibility index (Phi) is 4.43. The van der Waals surface area contributed by atoms with E-state index in [-0.39, 0.29) is 5.56 Å². The number of hydrogen-bond acceptors (Lipinski definition) is 7. The Balaban J connectivity index is 1.63. The molecule has 4 heterocycles. The molecule has 9 nitrogen and oxygen atoms in total. The third kappa shape index (κ3) is 3.16. The molecule has 2 aromatic heterocycles. The number of carbonyl (C=O) groups is 1. The molecule has 0 bridgehead atoms. The molecule has 2 aromatic rings. The predicted molar refractivity (Wildman–Crippen MR) is 105 cm³/mol. The summed E-state index contributed by atoms with van der Waals surface area (Å²) in [6.07, 6.45) is 4.04. The van der Waals surface area contributed by atoms with Crippen molar-refractivity contribution in [3.8, 4) is 0 Å². The lowest BCUT2D eigenvalue weighted by Crippen LogP contribution is -2.35. The quantitative estimate of drug-likeness (QED) is 0.784. The normalized spacial score (nSPS) is 22.0. The minimum absolute atomic E-state index is 0.0377. The molecule has 150 valence electrons. The van der Waals surface area contributed by atoms with Crippen LogP contribution >= 0.6 is 11.3 Å². The highest BCUT2D eigenvalue weighted by molar-refractivity contribution is 7.88. The van der Waals surface area contributed by atoms with E-state index in [1.807, 2.05) is 13.8 Å². The number of carbonyl (C=O) groups excluding carboxylic acids is 1. The molecule has 4 rings (SSSR count). The monoisotopic (exact) mass is 423 g/mol. The maximum atomic E-state index is 12.6. The summed E-state index contributed by atoms with van der Waals surface area (Å²) in [5.74, 6) is 0.0350. The van der Waals surface area contributed by atoms with E-state index in [1.54, 1.807) is 4.57 Å². The minimum Gasteiger partial charge on any atom is -0.335 e. The number of fused-ring (bicyclic) bond motifs is 2. The average Bonchev–Trinajstić information content (AvgIpc) is 3.27. The van der Waals surface area contributed by atoms with Crippen molar-refractivity contribution < 1.29 is 13.2 Å². The van der Waals surface area contributed by atoms with Crippen molar-refractivity contribution in [2.75, 3.05) is 24.7 Å². The summed E-state index contributed by atoms with van der Waals surface area (Å²) in [6.45, 7) is 5.10. The maximum absolute atomic E-state index is 12.6. The van der Waals surface area contributed by atoms with Gasteiger partial charge in [-0.2, -0.15) is 4.98 Å². The van der Waals surface area contributed by atoms with Crippen molar-refractivity contribution in [3.05, 3.63) is 38.5 Å². The van der Waals surface area contributed by atoms with Crippen LogP contribution in [0.2, 0.25) is 0 Å². The predicted octanol–water partition coefficient (Wildman–Crippen LogP) is 0.876. The van der Waals surface area contributed by atoms with Crippen molar-refractivity contribution in [1.82, 2.24) is 18.8 Å². The van der Waals surface area contributed by atoms with Gasteiger partial charge in [-0.15, -0.1) is 11.3 Å². The smallest absolute Gasteiger partial charge is 0.285 e. The lowest BCUT2D eigenvalue weighted by Gasteiger charge is -2.22. The van der Waals surface area contributed by atoms with Gasteiger partial charge in [-0.05, 0) is 26.7 Å². The van der Waals surface area contributed by atoms with E-state index in [9.17, 15) is 18.0 Å². The Morgan fingerprint density at radius 3 is 2.57 bits per heavy atom. The Hall–Kier alpha value is -2.11. The average molecular weight is 424 g/mol. The van der Waals surface area contributed by atoms with E-state index in [4.69, 9.17) is 0 Å². The van der Waals surface area contributed by atoms with Crippen LogP contribution in [0.1, 0.15) is 39.6 Å². The molecule has 28 heavy (non-hydrogen) atoms. The standard InChI is InChI=1S/C17H21N5O4S2/c1-10-11(2)27-16(18-10)20-14(24)12-8-21-6-4-17(15(21)19-13(12)23)5-7-22(9-17)28(3,25)26/h8H,4-7,9H2,1-3H3,(H,18,20,24). The molecule has 0 aromatic carbocycles. The fourth-order valence-electron chi connectivity index (χ4n) is 3.88.